The van der Waals surface area contributed by atoms with Crippen molar-refractivity contribution in [1.29, 1.82) is 0 Å². The smallest absolute Gasteiger partial charge is 0.257 e. The number of oxazole rings is 1. The van der Waals surface area contributed by atoms with Crippen LogP contribution in [-0.2, 0) is 6.42 Å². The number of halogens is 1. The molecule has 0 unspecified atom stereocenters. The van der Waals surface area contributed by atoms with Crippen LogP contribution >= 0.6 is 23.8 Å². The minimum atomic E-state index is -0.259. The summed E-state index contributed by atoms with van der Waals surface area (Å²) in [5.74, 6) is 0.763. The zero-order valence-corrected chi connectivity index (χ0v) is 19.3. The molecule has 0 aliphatic carbocycles. The fraction of sp³-hybridized carbons (Fsp3) is 0.160. The Balaban J connectivity index is 1.40. The van der Waals surface area contributed by atoms with Crippen LogP contribution in [-0.4, -0.2) is 16.0 Å². The first-order valence-electron chi connectivity index (χ1n) is 10.2. The van der Waals surface area contributed by atoms with Gasteiger partial charge in [0.25, 0.3) is 5.91 Å². The predicted molar refractivity (Wildman–Crippen MR) is 132 cm³/mol. The number of fused-ring (bicyclic) bond motifs is 1. The van der Waals surface area contributed by atoms with Gasteiger partial charge in [-0.3, -0.25) is 10.1 Å². The zero-order valence-electron chi connectivity index (χ0n) is 17.7. The third-order valence-corrected chi connectivity index (χ3v) is 5.48. The van der Waals surface area contributed by atoms with Gasteiger partial charge in [0.1, 0.15) is 5.52 Å². The van der Waals surface area contributed by atoms with E-state index in [0.717, 1.165) is 5.56 Å². The first-order valence-corrected chi connectivity index (χ1v) is 11.0. The molecule has 0 bridgehead atoms. The molecule has 0 aliphatic heterocycles. The number of nitrogens with one attached hydrogen (secondary N) is 2. The van der Waals surface area contributed by atoms with Gasteiger partial charge in [-0.2, -0.15) is 0 Å². The van der Waals surface area contributed by atoms with Crippen molar-refractivity contribution in [3.8, 4) is 0 Å². The Morgan fingerprint density at radius 3 is 2.47 bits per heavy atom. The van der Waals surface area contributed by atoms with Gasteiger partial charge in [0.05, 0.1) is 0 Å². The molecule has 0 saturated carbocycles. The summed E-state index contributed by atoms with van der Waals surface area (Å²) >= 11 is 11.2. The van der Waals surface area contributed by atoms with Crippen LogP contribution in [0, 0.1) is 0 Å². The summed E-state index contributed by atoms with van der Waals surface area (Å²) in [4.78, 5) is 17.0. The number of hydrogen-bond donors (Lipinski definition) is 2. The topological polar surface area (TPSA) is 67.2 Å². The molecular formula is C25H22ClN3O2S. The molecule has 3 aromatic carbocycles. The normalized spacial score (nSPS) is 11.0. The number of nitrogens with zero attached hydrogens (tertiary/aromatic N) is 1. The lowest BCUT2D eigenvalue weighted by Gasteiger charge is -2.10. The number of rotatable bonds is 5. The monoisotopic (exact) mass is 463 g/mol. The van der Waals surface area contributed by atoms with Gasteiger partial charge in [0, 0.05) is 22.7 Å². The summed E-state index contributed by atoms with van der Waals surface area (Å²) < 4.78 is 5.84. The van der Waals surface area contributed by atoms with E-state index in [1.807, 2.05) is 54.6 Å². The van der Waals surface area contributed by atoms with Crippen LogP contribution in [0.15, 0.2) is 71.1 Å². The maximum absolute atomic E-state index is 12.5. The molecule has 0 saturated heterocycles. The molecular weight excluding hydrogens is 442 g/mol. The summed E-state index contributed by atoms with van der Waals surface area (Å²) in [7, 11) is 0. The molecule has 7 heteroatoms. The third-order valence-electron chi connectivity index (χ3n) is 5.02. The number of aromatic nitrogens is 1. The quantitative estimate of drug-likeness (QED) is 0.339. The van der Waals surface area contributed by atoms with Crippen LogP contribution in [0.1, 0.15) is 47.1 Å². The minimum Gasteiger partial charge on any atom is -0.440 e. The van der Waals surface area contributed by atoms with Gasteiger partial charge in [-0.1, -0.05) is 49.7 Å². The second-order valence-corrected chi connectivity index (χ2v) is 8.62. The standard InChI is InChI=1S/C25H22ClN3O2S/c1-15(2)17-5-7-18(8-6-17)24(30)29-25(32)27-20-11-12-22-21(14-20)28-23(31-22)13-16-3-9-19(26)10-4-16/h3-12,14-15H,13H2,1-2H3,(H2,27,29,30,32). The van der Waals surface area contributed by atoms with E-state index in [1.165, 1.54) is 5.56 Å². The number of amides is 1. The molecule has 0 aliphatic rings. The van der Waals surface area contributed by atoms with Crippen molar-refractivity contribution in [3.05, 3.63) is 94.3 Å². The van der Waals surface area contributed by atoms with Crippen molar-refractivity contribution in [2.45, 2.75) is 26.2 Å². The van der Waals surface area contributed by atoms with E-state index in [0.29, 0.717) is 45.6 Å². The van der Waals surface area contributed by atoms with Gasteiger partial charge in [0.2, 0.25) is 0 Å². The van der Waals surface area contributed by atoms with E-state index >= 15 is 0 Å². The molecule has 5 nitrogen and oxygen atoms in total. The Hall–Kier alpha value is -3.22. The van der Waals surface area contributed by atoms with Crippen molar-refractivity contribution >= 4 is 51.6 Å². The number of carbonyl (C=O) groups is 1. The second kappa shape index (κ2) is 9.51. The Morgan fingerprint density at radius 2 is 1.78 bits per heavy atom. The van der Waals surface area contributed by atoms with Crippen LogP contribution in [0.3, 0.4) is 0 Å². The summed E-state index contributed by atoms with van der Waals surface area (Å²) in [6.07, 6.45) is 0.568. The van der Waals surface area contributed by atoms with Crippen LogP contribution < -0.4 is 10.6 Å². The Labute approximate surface area is 196 Å². The van der Waals surface area contributed by atoms with Gasteiger partial charge in [-0.15, -0.1) is 0 Å². The van der Waals surface area contributed by atoms with E-state index in [1.54, 1.807) is 12.1 Å². The van der Waals surface area contributed by atoms with Gasteiger partial charge >= 0.3 is 0 Å². The average Bonchev–Trinajstić information content (AvgIpc) is 3.16. The molecule has 32 heavy (non-hydrogen) atoms. The maximum Gasteiger partial charge on any atom is 0.257 e. The van der Waals surface area contributed by atoms with Crippen LogP contribution in [0.5, 0.6) is 0 Å². The largest absolute Gasteiger partial charge is 0.440 e. The highest BCUT2D eigenvalue weighted by atomic mass is 35.5. The molecule has 1 heterocycles. The molecule has 1 amide bonds. The number of hydrogen-bond acceptors (Lipinski definition) is 4. The average molecular weight is 464 g/mol. The highest BCUT2D eigenvalue weighted by Gasteiger charge is 2.11. The van der Waals surface area contributed by atoms with Crippen molar-refractivity contribution < 1.29 is 9.21 Å². The lowest BCUT2D eigenvalue weighted by atomic mass is 10.0. The molecule has 0 radical (unpaired) electrons. The maximum atomic E-state index is 12.5. The Kier molecular flexibility index (Phi) is 6.53. The zero-order chi connectivity index (χ0) is 22.7. The van der Waals surface area contributed by atoms with Crippen LogP contribution in [0.4, 0.5) is 5.69 Å². The SMILES string of the molecule is CC(C)c1ccc(C(=O)NC(=S)Nc2ccc3oc(Cc4ccc(Cl)cc4)nc3c2)cc1. The highest BCUT2D eigenvalue weighted by molar-refractivity contribution is 7.80. The number of anilines is 1. The molecule has 0 fully saturated rings. The lowest BCUT2D eigenvalue weighted by molar-refractivity contribution is 0.0977. The number of carbonyl (C=O) groups excluding carboxylic acids is 1. The van der Waals surface area contributed by atoms with Gasteiger partial charge in [-0.05, 0) is 71.7 Å². The van der Waals surface area contributed by atoms with Crippen LogP contribution in [0.2, 0.25) is 5.02 Å². The first kappa shape index (κ1) is 22.0. The minimum absolute atomic E-state index is 0.215. The molecule has 1 aromatic heterocycles. The van der Waals surface area contributed by atoms with Crippen molar-refractivity contribution in [1.82, 2.24) is 10.3 Å². The van der Waals surface area contributed by atoms with Gasteiger partial charge in [-0.25, -0.2) is 4.98 Å². The molecule has 4 aromatic rings. The molecule has 162 valence electrons. The van der Waals surface area contributed by atoms with E-state index in [-0.39, 0.29) is 11.0 Å². The third kappa shape index (κ3) is 5.33. The van der Waals surface area contributed by atoms with Crippen molar-refractivity contribution in [2.24, 2.45) is 0 Å². The van der Waals surface area contributed by atoms with E-state index in [4.69, 9.17) is 28.2 Å². The van der Waals surface area contributed by atoms with Crippen LogP contribution in [0.25, 0.3) is 11.1 Å². The van der Waals surface area contributed by atoms with Gasteiger partial charge < -0.3 is 9.73 Å². The summed E-state index contributed by atoms with van der Waals surface area (Å²) in [5, 5.41) is 6.65. The summed E-state index contributed by atoms with van der Waals surface area (Å²) in [5.41, 5.74) is 4.89. The van der Waals surface area contributed by atoms with E-state index in [9.17, 15) is 4.79 Å². The highest BCUT2D eigenvalue weighted by Crippen LogP contribution is 2.22. The Morgan fingerprint density at radius 1 is 1.06 bits per heavy atom. The summed E-state index contributed by atoms with van der Waals surface area (Å²) in [6, 6.07) is 20.6. The number of thiocarbonyl (C=S) groups is 1. The van der Waals surface area contributed by atoms with E-state index in [2.05, 4.69) is 29.5 Å². The van der Waals surface area contributed by atoms with Crippen molar-refractivity contribution in [3.63, 3.8) is 0 Å². The first-order chi connectivity index (χ1) is 15.4. The van der Waals surface area contributed by atoms with Crippen molar-refractivity contribution in [2.75, 3.05) is 5.32 Å². The molecule has 0 atom stereocenters. The second-order valence-electron chi connectivity index (χ2n) is 7.78. The van der Waals surface area contributed by atoms with E-state index < -0.39 is 0 Å². The van der Waals surface area contributed by atoms with Gasteiger partial charge in [0.15, 0.2) is 16.6 Å². The molecule has 4 rings (SSSR count). The fourth-order valence-corrected chi connectivity index (χ4v) is 3.60. The molecule has 0 spiro atoms. The Bertz CT molecular complexity index is 1260. The summed E-state index contributed by atoms with van der Waals surface area (Å²) in [6.45, 7) is 4.22. The fourth-order valence-electron chi connectivity index (χ4n) is 3.26. The number of benzene rings is 3. The molecule has 2 N–H and O–H groups in total. The lowest BCUT2D eigenvalue weighted by Crippen LogP contribution is -2.34. The predicted octanol–water partition coefficient (Wildman–Crippen LogP) is 6.32.